The molecule has 0 aliphatic rings. The lowest BCUT2D eigenvalue weighted by Crippen LogP contribution is -2.20. The molecule has 0 spiro atoms. The molecule has 2 aromatic heterocycles. The van der Waals surface area contributed by atoms with E-state index in [4.69, 9.17) is 0 Å². The zero-order chi connectivity index (χ0) is 19.6. The first-order valence-corrected chi connectivity index (χ1v) is 9.48. The van der Waals surface area contributed by atoms with Crippen molar-refractivity contribution >= 4 is 34.5 Å². The summed E-state index contributed by atoms with van der Waals surface area (Å²) in [7, 11) is 0. The first-order valence-electron chi connectivity index (χ1n) is 8.60. The quantitative estimate of drug-likeness (QED) is 0.696. The predicted molar refractivity (Wildman–Crippen MR) is 109 cm³/mol. The number of anilines is 2. The molecule has 3 rings (SSSR count). The second kappa shape index (κ2) is 7.75. The van der Waals surface area contributed by atoms with Gasteiger partial charge in [-0.25, -0.2) is 4.98 Å². The normalized spacial score (nSPS) is 10.7. The van der Waals surface area contributed by atoms with Gasteiger partial charge in [0.15, 0.2) is 0 Å². The molecule has 27 heavy (non-hydrogen) atoms. The smallest absolute Gasteiger partial charge is 0.244 e. The topological polar surface area (TPSA) is 76.0 Å². The summed E-state index contributed by atoms with van der Waals surface area (Å²) in [6, 6.07) is 9.16. The fourth-order valence-corrected chi connectivity index (χ4v) is 3.63. The minimum absolute atomic E-state index is 0.127. The third-order valence-corrected chi connectivity index (χ3v) is 5.01. The molecular weight excluding hydrogens is 360 g/mol. The number of nitrogens with zero attached hydrogens (tertiary/aromatic N) is 2. The Kier molecular flexibility index (Phi) is 5.41. The summed E-state index contributed by atoms with van der Waals surface area (Å²) in [4.78, 5) is 28.3. The zero-order valence-corrected chi connectivity index (χ0v) is 16.6. The van der Waals surface area contributed by atoms with Crippen molar-refractivity contribution in [2.75, 3.05) is 10.6 Å². The molecule has 6 nitrogen and oxygen atoms in total. The molecule has 1 aromatic carbocycles. The molecule has 7 heteroatoms. The van der Waals surface area contributed by atoms with E-state index < -0.39 is 0 Å². The maximum atomic E-state index is 12.5. The van der Waals surface area contributed by atoms with Gasteiger partial charge in [0.25, 0.3) is 0 Å². The van der Waals surface area contributed by atoms with Crippen molar-refractivity contribution in [2.24, 2.45) is 0 Å². The fraction of sp³-hybridized carbons (Fsp3) is 0.250. The number of aromatic nitrogens is 2. The summed E-state index contributed by atoms with van der Waals surface area (Å²) < 4.78 is 1.98. The van der Waals surface area contributed by atoms with Crippen molar-refractivity contribution in [1.82, 2.24) is 9.55 Å². The molecule has 2 heterocycles. The summed E-state index contributed by atoms with van der Waals surface area (Å²) in [5.74, 6) is -0.278. The molecule has 140 valence electrons. The van der Waals surface area contributed by atoms with Gasteiger partial charge >= 0.3 is 0 Å². The number of aryl methyl sites for hydroxylation is 2. The minimum atomic E-state index is -0.151. The average Bonchev–Trinajstić information content (AvgIpc) is 3.13. The Bertz CT molecular complexity index is 1000. The molecule has 0 radical (unpaired) electrons. The van der Waals surface area contributed by atoms with Crippen molar-refractivity contribution in [3.8, 4) is 11.3 Å². The van der Waals surface area contributed by atoms with Gasteiger partial charge in [-0.05, 0) is 45.0 Å². The van der Waals surface area contributed by atoms with Gasteiger partial charge in [0, 0.05) is 40.6 Å². The van der Waals surface area contributed by atoms with Gasteiger partial charge in [-0.1, -0.05) is 6.07 Å². The van der Waals surface area contributed by atoms with Crippen LogP contribution >= 0.6 is 11.3 Å². The Morgan fingerprint density at radius 2 is 1.81 bits per heavy atom. The Balaban J connectivity index is 1.75. The molecule has 0 bridgehead atoms. The van der Waals surface area contributed by atoms with Crippen LogP contribution in [-0.2, 0) is 16.1 Å². The lowest BCUT2D eigenvalue weighted by molar-refractivity contribution is -0.117. The van der Waals surface area contributed by atoms with E-state index in [1.54, 1.807) is 35.6 Å². The van der Waals surface area contributed by atoms with E-state index in [0.29, 0.717) is 11.4 Å². The molecule has 0 atom stereocenters. The van der Waals surface area contributed by atoms with Gasteiger partial charge in [0.05, 0.1) is 10.7 Å². The van der Waals surface area contributed by atoms with E-state index in [-0.39, 0.29) is 18.4 Å². The van der Waals surface area contributed by atoms with Crippen LogP contribution < -0.4 is 10.6 Å². The van der Waals surface area contributed by atoms with Crippen LogP contribution in [0.15, 0.2) is 35.7 Å². The van der Waals surface area contributed by atoms with E-state index in [2.05, 4.69) is 21.7 Å². The number of thiazole rings is 1. The van der Waals surface area contributed by atoms with Crippen LogP contribution in [0.1, 0.15) is 23.3 Å². The first-order chi connectivity index (χ1) is 12.8. The van der Waals surface area contributed by atoms with E-state index in [1.165, 1.54) is 6.92 Å². The van der Waals surface area contributed by atoms with E-state index in [9.17, 15) is 9.59 Å². The first kappa shape index (κ1) is 18.8. The van der Waals surface area contributed by atoms with Crippen LogP contribution in [0.25, 0.3) is 11.3 Å². The maximum absolute atomic E-state index is 12.5. The third kappa shape index (κ3) is 4.43. The lowest BCUT2D eigenvalue weighted by atomic mass is 10.2. The minimum Gasteiger partial charge on any atom is -0.339 e. The number of carbonyl (C=O) groups excluding carboxylic acids is 2. The van der Waals surface area contributed by atoms with Crippen LogP contribution in [-0.4, -0.2) is 21.4 Å². The Hall–Kier alpha value is -2.93. The highest BCUT2D eigenvalue weighted by Gasteiger charge is 2.15. The lowest BCUT2D eigenvalue weighted by Gasteiger charge is -2.11. The fourth-order valence-electron chi connectivity index (χ4n) is 3.01. The number of benzene rings is 1. The Labute approximate surface area is 162 Å². The highest BCUT2D eigenvalue weighted by atomic mass is 32.1. The molecule has 2 N–H and O–H groups in total. The molecule has 0 saturated carbocycles. The van der Waals surface area contributed by atoms with Crippen molar-refractivity contribution in [3.05, 3.63) is 52.1 Å². The highest BCUT2D eigenvalue weighted by Crippen LogP contribution is 2.28. The molecular formula is C20H22N4O2S. The Morgan fingerprint density at radius 1 is 1.11 bits per heavy atom. The van der Waals surface area contributed by atoms with Crippen molar-refractivity contribution < 1.29 is 9.59 Å². The SMILES string of the molecule is CC(=O)Nc1cccc(NC(=O)Cn2c(C)cc(-c3csc(C)n3)c2C)c1. The number of rotatable bonds is 5. The molecule has 2 amide bonds. The second-order valence-electron chi connectivity index (χ2n) is 6.43. The predicted octanol–water partition coefficient (Wildman–Crippen LogP) is 4.13. The van der Waals surface area contributed by atoms with Gasteiger partial charge in [-0.2, -0.15) is 0 Å². The van der Waals surface area contributed by atoms with Gasteiger partial charge in [-0.3, -0.25) is 9.59 Å². The van der Waals surface area contributed by atoms with Crippen LogP contribution in [0.3, 0.4) is 0 Å². The summed E-state index contributed by atoms with van der Waals surface area (Å²) in [6.07, 6.45) is 0. The van der Waals surface area contributed by atoms with Gasteiger partial charge in [0.1, 0.15) is 6.54 Å². The van der Waals surface area contributed by atoms with Crippen LogP contribution in [0.4, 0.5) is 11.4 Å². The van der Waals surface area contributed by atoms with E-state index in [0.717, 1.165) is 27.7 Å². The molecule has 0 aliphatic heterocycles. The number of hydrogen-bond acceptors (Lipinski definition) is 4. The van der Waals surface area contributed by atoms with Gasteiger partial charge in [-0.15, -0.1) is 11.3 Å². The zero-order valence-electron chi connectivity index (χ0n) is 15.8. The molecule has 0 saturated heterocycles. The van der Waals surface area contributed by atoms with Crippen molar-refractivity contribution in [1.29, 1.82) is 0 Å². The summed E-state index contributed by atoms with van der Waals surface area (Å²) in [5.41, 5.74) is 5.31. The van der Waals surface area contributed by atoms with Crippen LogP contribution in [0, 0.1) is 20.8 Å². The molecule has 0 unspecified atom stereocenters. The monoisotopic (exact) mass is 382 g/mol. The Morgan fingerprint density at radius 3 is 2.44 bits per heavy atom. The van der Waals surface area contributed by atoms with Gasteiger partial charge < -0.3 is 15.2 Å². The van der Waals surface area contributed by atoms with Crippen molar-refractivity contribution in [2.45, 2.75) is 34.2 Å². The van der Waals surface area contributed by atoms with Crippen LogP contribution in [0.2, 0.25) is 0 Å². The summed E-state index contributed by atoms with van der Waals surface area (Å²) >= 11 is 1.61. The molecule has 0 aliphatic carbocycles. The molecule has 3 aromatic rings. The standard InChI is InChI=1S/C20H22N4O2S/c1-12-8-18(19-11-27-15(4)22-19)13(2)24(12)10-20(26)23-17-7-5-6-16(9-17)21-14(3)25/h5-9,11H,10H2,1-4H3,(H,21,25)(H,23,26). The number of hydrogen-bond donors (Lipinski definition) is 2. The summed E-state index contributed by atoms with van der Waals surface area (Å²) in [6.45, 7) is 7.63. The molecule has 0 fully saturated rings. The largest absolute Gasteiger partial charge is 0.339 e. The average molecular weight is 382 g/mol. The van der Waals surface area contributed by atoms with E-state index in [1.807, 2.05) is 30.7 Å². The number of carbonyl (C=O) groups is 2. The number of amides is 2. The van der Waals surface area contributed by atoms with E-state index >= 15 is 0 Å². The summed E-state index contributed by atoms with van der Waals surface area (Å²) in [5, 5.41) is 8.65. The highest BCUT2D eigenvalue weighted by molar-refractivity contribution is 7.09. The second-order valence-corrected chi connectivity index (χ2v) is 7.50. The number of nitrogens with one attached hydrogen (secondary N) is 2. The third-order valence-electron chi connectivity index (χ3n) is 4.24. The van der Waals surface area contributed by atoms with Crippen LogP contribution in [0.5, 0.6) is 0 Å². The van der Waals surface area contributed by atoms with Gasteiger partial charge in [0.2, 0.25) is 11.8 Å². The van der Waals surface area contributed by atoms with Crippen molar-refractivity contribution in [3.63, 3.8) is 0 Å². The maximum Gasteiger partial charge on any atom is 0.244 e.